The molecule has 1 aromatic carbocycles. The summed E-state index contributed by atoms with van der Waals surface area (Å²) in [6.07, 6.45) is 1.56. The highest BCUT2D eigenvalue weighted by molar-refractivity contribution is 5.93. The van der Waals surface area contributed by atoms with Crippen LogP contribution >= 0.6 is 0 Å². The first-order valence-corrected chi connectivity index (χ1v) is 6.28. The summed E-state index contributed by atoms with van der Waals surface area (Å²) in [4.78, 5) is 10.3. The van der Waals surface area contributed by atoms with Gasteiger partial charge in [0.05, 0.1) is 6.61 Å². The van der Waals surface area contributed by atoms with Crippen LogP contribution in [0.5, 0.6) is 0 Å². The summed E-state index contributed by atoms with van der Waals surface area (Å²) in [7, 11) is 0. The number of rotatable bonds is 6. The number of nitrogens with one attached hydrogen (secondary N) is 1. The molecule has 0 fully saturated rings. The van der Waals surface area contributed by atoms with Gasteiger partial charge in [-0.05, 0) is 11.6 Å². The number of aliphatic hydroxyl groups excluding tert-OH is 1. The molecule has 1 heterocycles. The summed E-state index contributed by atoms with van der Waals surface area (Å²) in [6, 6.07) is 11.5. The third-order valence-corrected chi connectivity index (χ3v) is 2.79. The third-order valence-electron chi connectivity index (χ3n) is 2.79. The molecule has 2 aromatic rings. The van der Waals surface area contributed by atoms with Crippen molar-refractivity contribution < 1.29 is 5.11 Å². The molecule has 0 saturated heterocycles. The number of aliphatic hydroxyl groups is 1. The average Bonchev–Trinajstić information content (AvgIpc) is 2.48. The number of anilines is 1. The molecule has 2 rings (SSSR count). The smallest absolute Gasteiger partial charge is 0.226 e. The largest absolute Gasteiger partial charge is 0.395 e. The molecule has 0 spiro atoms. The van der Waals surface area contributed by atoms with E-state index in [1.807, 2.05) is 35.2 Å². The van der Waals surface area contributed by atoms with Gasteiger partial charge in [-0.15, -0.1) is 0 Å². The third kappa shape index (κ3) is 3.52. The Balaban J connectivity index is 2.24. The number of hydrogen-bond donors (Lipinski definition) is 3. The number of nitrogens with two attached hydrogens (primary N) is 1. The molecule has 0 radical (unpaired) electrons. The van der Waals surface area contributed by atoms with E-state index in [0.29, 0.717) is 24.7 Å². The Morgan fingerprint density at radius 3 is 2.65 bits per heavy atom. The minimum Gasteiger partial charge on any atom is -0.395 e. The minimum atomic E-state index is -0.0997. The lowest BCUT2D eigenvalue weighted by molar-refractivity contribution is 0.300. The molecule has 0 aliphatic carbocycles. The highest BCUT2D eigenvalue weighted by Gasteiger charge is 2.11. The van der Waals surface area contributed by atoms with Crippen LogP contribution in [0.25, 0.3) is 0 Å². The van der Waals surface area contributed by atoms with Crippen molar-refractivity contribution in [2.45, 2.75) is 6.54 Å². The summed E-state index contributed by atoms with van der Waals surface area (Å²) in [5.41, 5.74) is 6.91. The Labute approximate surface area is 117 Å². The fourth-order valence-electron chi connectivity index (χ4n) is 1.83. The first kappa shape index (κ1) is 14.0. The maximum atomic E-state index is 9.19. The molecule has 20 heavy (non-hydrogen) atoms. The number of amidine groups is 1. The Morgan fingerprint density at radius 1 is 1.25 bits per heavy atom. The summed E-state index contributed by atoms with van der Waals surface area (Å²) >= 11 is 0. The summed E-state index contributed by atoms with van der Waals surface area (Å²) in [5.74, 6) is 0.355. The van der Waals surface area contributed by atoms with Crippen LogP contribution in [0, 0.1) is 5.41 Å². The lowest BCUT2D eigenvalue weighted by atomic mass is 10.2. The lowest BCUT2D eigenvalue weighted by Gasteiger charge is -2.22. The molecule has 0 saturated carbocycles. The van der Waals surface area contributed by atoms with E-state index >= 15 is 0 Å². The molecule has 0 unspecified atom stereocenters. The van der Waals surface area contributed by atoms with Crippen LogP contribution in [0.15, 0.2) is 42.6 Å². The second-order valence-electron chi connectivity index (χ2n) is 4.29. The zero-order valence-corrected chi connectivity index (χ0v) is 11.0. The molecule has 6 heteroatoms. The molecule has 0 amide bonds. The number of hydrogen-bond acceptors (Lipinski definition) is 5. The molecular weight excluding hydrogens is 254 g/mol. The standard InChI is InChI=1S/C14H17N5O/c15-13(16)12-6-7-17-14(18-12)19(8-9-20)10-11-4-2-1-3-5-11/h1-7,20H,8-10H2,(H3,15,16). The maximum absolute atomic E-state index is 9.19. The zero-order valence-electron chi connectivity index (χ0n) is 11.0. The summed E-state index contributed by atoms with van der Waals surface area (Å²) < 4.78 is 0. The van der Waals surface area contributed by atoms with Crippen LogP contribution in [0.4, 0.5) is 5.95 Å². The monoisotopic (exact) mass is 271 g/mol. The number of nitrogens with zero attached hydrogens (tertiary/aromatic N) is 3. The van der Waals surface area contributed by atoms with E-state index in [0.717, 1.165) is 5.56 Å². The van der Waals surface area contributed by atoms with Crippen molar-refractivity contribution in [3.8, 4) is 0 Å². The van der Waals surface area contributed by atoms with E-state index in [2.05, 4.69) is 9.97 Å². The van der Waals surface area contributed by atoms with Crippen LogP contribution < -0.4 is 10.6 Å². The van der Waals surface area contributed by atoms with Gasteiger partial charge in [0.25, 0.3) is 0 Å². The van der Waals surface area contributed by atoms with Gasteiger partial charge in [-0.3, -0.25) is 5.41 Å². The van der Waals surface area contributed by atoms with Gasteiger partial charge in [0.2, 0.25) is 5.95 Å². The molecule has 0 atom stereocenters. The van der Waals surface area contributed by atoms with E-state index in [-0.39, 0.29) is 12.4 Å². The molecule has 0 aliphatic rings. The van der Waals surface area contributed by atoms with E-state index in [1.165, 1.54) is 0 Å². The molecule has 4 N–H and O–H groups in total. The van der Waals surface area contributed by atoms with Gasteiger partial charge in [0, 0.05) is 19.3 Å². The van der Waals surface area contributed by atoms with Gasteiger partial charge >= 0.3 is 0 Å². The van der Waals surface area contributed by atoms with Crippen LogP contribution in [0.3, 0.4) is 0 Å². The second kappa shape index (κ2) is 6.63. The van der Waals surface area contributed by atoms with Crippen molar-refractivity contribution in [2.24, 2.45) is 5.73 Å². The number of benzene rings is 1. The maximum Gasteiger partial charge on any atom is 0.226 e. The first-order chi connectivity index (χ1) is 9.70. The van der Waals surface area contributed by atoms with Crippen LogP contribution in [-0.4, -0.2) is 34.1 Å². The van der Waals surface area contributed by atoms with Crippen molar-refractivity contribution in [3.63, 3.8) is 0 Å². The molecule has 0 aliphatic heterocycles. The van der Waals surface area contributed by atoms with Crippen molar-refractivity contribution in [3.05, 3.63) is 53.9 Å². The quantitative estimate of drug-likeness (QED) is 0.532. The topological polar surface area (TPSA) is 99.1 Å². The van der Waals surface area contributed by atoms with Crippen molar-refractivity contribution in [2.75, 3.05) is 18.1 Å². The molecule has 0 bridgehead atoms. The fraction of sp³-hybridized carbons (Fsp3) is 0.214. The van der Waals surface area contributed by atoms with E-state index in [9.17, 15) is 5.11 Å². The van der Waals surface area contributed by atoms with Crippen LogP contribution in [-0.2, 0) is 6.54 Å². The van der Waals surface area contributed by atoms with Crippen LogP contribution in [0.1, 0.15) is 11.3 Å². The van der Waals surface area contributed by atoms with Gasteiger partial charge in [0.15, 0.2) is 0 Å². The van der Waals surface area contributed by atoms with Gasteiger partial charge in [-0.1, -0.05) is 30.3 Å². The average molecular weight is 271 g/mol. The molecule has 1 aromatic heterocycles. The molecule has 104 valence electrons. The van der Waals surface area contributed by atoms with E-state index in [1.54, 1.807) is 12.3 Å². The van der Waals surface area contributed by atoms with Gasteiger partial charge in [0.1, 0.15) is 11.5 Å². The Kier molecular flexibility index (Phi) is 4.62. The highest BCUT2D eigenvalue weighted by atomic mass is 16.3. The Hall–Kier alpha value is -2.47. The number of aromatic nitrogens is 2. The summed E-state index contributed by atoms with van der Waals surface area (Å²) in [6.45, 7) is 1.000. The molecular formula is C14H17N5O. The minimum absolute atomic E-state index is 0.000489. The van der Waals surface area contributed by atoms with Gasteiger partial charge in [-0.25, -0.2) is 9.97 Å². The SMILES string of the molecule is N=C(N)c1ccnc(N(CCO)Cc2ccccc2)n1. The van der Waals surface area contributed by atoms with Crippen molar-refractivity contribution in [1.82, 2.24) is 9.97 Å². The van der Waals surface area contributed by atoms with Gasteiger partial charge in [-0.2, -0.15) is 0 Å². The normalized spacial score (nSPS) is 10.2. The fourth-order valence-corrected chi connectivity index (χ4v) is 1.83. The van der Waals surface area contributed by atoms with E-state index in [4.69, 9.17) is 11.1 Å². The predicted molar refractivity (Wildman–Crippen MR) is 77.6 cm³/mol. The second-order valence-corrected chi connectivity index (χ2v) is 4.29. The van der Waals surface area contributed by atoms with E-state index < -0.39 is 0 Å². The Bertz CT molecular complexity index is 573. The summed E-state index contributed by atoms with van der Waals surface area (Å²) in [5, 5.41) is 16.6. The first-order valence-electron chi connectivity index (χ1n) is 6.28. The highest BCUT2D eigenvalue weighted by Crippen LogP contribution is 2.12. The predicted octanol–water partition coefficient (Wildman–Crippen LogP) is 0.760. The zero-order chi connectivity index (χ0) is 14.4. The Morgan fingerprint density at radius 2 is 2.00 bits per heavy atom. The van der Waals surface area contributed by atoms with Crippen molar-refractivity contribution >= 4 is 11.8 Å². The van der Waals surface area contributed by atoms with Crippen LogP contribution in [0.2, 0.25) is 0 Å². The lowest BCUT2D eigenvalue weighted by Crippen LogP contribution is -2.28. The van der Waals surface area contributed by atoms with Gasteiger partial charge < -0.3 is 15.7 Å². The number of nitrogen functional groups attached to an aromatic ring is 1. The molecule has 6 nitrogen and oxygen atoms in total. The van der Waals surface area contributed by atoms with Crippen molar-refractivity contribution in [1.29, 1.82) is 5.41 Å².